The number of benzene rings is 2. The van der Waals surface area contributed by atoms with E-state index in [1.807, 2.05) is 24.3 Å². The molecule has 3 heteroatoms. The van der Waals surface area contributed by atoms with Crippen molar-refractivity contribution in [2.45, 2.75) is 31.3 Å². The first-order chi connectivity index (χ1) is 10.1. The number of carbonyl (C=O) groups is 1. The minimum Gasteiger partial charge on any atom is -0.489 e. The summed E-state index contributed by atoms with van der Waals surface area (Å²) in [4.78, 5) is 12.4. The van der Waals surface area contributed by atoms with E-state index in [1.165, 1.54) is 16.0 Å². The maximum Gasteiger partial charge on any atom is 0.159 e. The molecule has 0 radical (unpaired) electrons. The van der Waals surface area contributed by atoms with E-state index < -0.39 is 0 Å². The van der Waals surface area contributed by atoms with Crippen LogP contribution in [0.1, 0.15) is 28.4 Å². The van der Waals surface area contributed by atoms with Crippen LogP contribution in [0.5, 0.6) is 5.75 Å². The summed E-state index contributed by atoms with van der Waals surface area (Å²) in [5.74, 6) is 2.06. The van der Waals surface area contributed by atoms with Crippen molar-refractivity contribution in [1.29, 1.82) is 0 Å². The molecule has 0 bridgehead atoms. The average Bonchev–Trinajstić information content (AvgIpc) is 2.87. The molecule has 0 saturated carbocycles. The fourth-order valence-corrected chi connectivity index (χ4v) is 3.41. The van der Waals surface area contributed by atoms with Crippen LogP contribution in [-0.4, -0.2) is 17.6 Å². The van der Waals surface area contributed by atoms with Gasteiger partial charge < -0.3 is 4.74 Å². The predicted molar refractivity (Wildman–Crippen MR) is 86.5 cm³/mol. The van der Waals surface area contributed by atoms with Crippen molar-refractivity contribution in [2.24, 2.45) is 0 Å². The molecule has 1 atom stereocenters. The van der Waals surface area contributed by atoms with E-state index in [0.717, 1.165) is 23.5 Å². The van der Waals surface area contributed by atoms with Crippen LogP contribution in [0.25, 0.3) is 0 Å². The third-order valence-electron chi connectivity index (χ3n) is 3.65. The quantitative estimate of drug-likeness (QED) is 0.622. The summed E-state index contributed by atoms with van der Waals surface area (Å²) in [6.07, 6.45) is 1.22. The zero-order valence-corrected chi connectivity index (χ0v) is 13.1. The SMILES string of the molecule is CC(=O)c1ccc(SCC2Cc3cc(C)ccc3O2)cc1. The summed E-state index contributed by atoms with van der Waals surface area (Å²) >= 11 is 1.78. The van der Waals surface area contributed by atoms with E-state index in [4.69, 9.17) is 4.74 Å². The number of thioether (sulfide) groups is 1. The molecule has 1 unspecified atom stereocenters. The topological polar surface area (TPSA) is 26.3 Å². The lowest BCUT2D eigenvalue weighted by Gasteiger charge is -2.10. The first-order valence-corrected chi connectivity index (χ1v) is 8.10. The zero-order chi connectivity index (χ0) is 14.8. The molecule has 1 heterocycles. The van der Waals surface area contributed by atoms with Crippen LogP contribution < -0.4 is 4.74 Å². The molecule has 2 aromatic carbocycles. The lowest BCUT2D eigenvalue weighted by molar-refractivity contribution is 0.101. The van der Waals surface area contributed by atoms with Crippen molar-refractivity contribution >= 4 is 17.5 Å². The maximum atomic E-state index is 11.3. The summed E-state index contributed by atoms with van der Waals surface area (Å²) in [5.41, 5.74) is 3.36. The highest BCUT2D eigenvalue weighted by Gasteiger charge is 2.22. The molecule has 21 heavy (non-hydrogen) atoms. The van der Waals surface area contributed by atoms with Gasteiger partial charge in [-0.25, -0.2) is 0 Å². The van der Waals surface area contributed by atoms with E-state index in [1.54, 1.807) is 18.7 Å². The monoisotopic (exact) mass is 298 g/mol. The second-order valence-electron chi connectivity index (χ2n) is 5.45. The lowest BCUT2D eigenvalue weighted by atomic mass is 10.1. The molecular formula is C18H18O2S. The van der Waals surface area contributed by atoms with Gasteiger partial charge in [-0.1, -0.05) is 29.8 Å². The summed E-state index contributed by atoms with van der Waals surface area (Å²) in [7, 11) is 0. The van der Waals surface area contributed by atoms with E-state index >= 15 is 0 Å². The van der Waals surface area contributed by atoms with Crippen LogP contribution in [0.15, 0.2) is 47.4 Å². The first kappa shape index (κ1) is 14.2. The number of hydrogen-bond acceptors (Lipinski definition) is 3. The number of carbonyl (C=O) groups excluding carboxylic acids is 1. The van der Waals surface area contributed by atoms with E-state index in [2.05, 4.69) is 25.1 Å². The summed E-state index contributed by atoms with van der Waals surface area (Å²) in [5, 5.41) is 0. The molecule has 1 aliphatic heterocycles. The van der Waals surface area contributed by atoms with Gasteiger partial charge in [-0.3, -0.25) is 4.79 Å². The minimum absolute atomic E-state index is 0.108. The van der Waals surface area contributed by atoms with Gasteiger partial charge in [0.25, 0.3) is 0 Å². The molecule has 0 amide bonds. The summed E-state index contributed by atoms with van der Waals surface area (Å²) < 4.78 is 5.97. The van der Waals surface area contributed by atoms with Gasteiger partial charge in [-0.05, 0) is 37.6 Å². The molecule has 3 rings (SSSR count). The number of fused-ring (bicyclic) bond motifs is 1. The molecular weight excluding hydrogens is 280 g/mol. The molecule has 0 aliphatic carbocycles. The zero-order valence-electron chi connectivity index (χ0n) is 12.3. The van der Waals surface area contributed by atoms with Crippen molar-refractivity contribution in [3.8, 4) is 5.75 Å². The van der Waals surface area contributed by atoms with Gasteiger partial charge in [0.2, 0.25) is 0 Å². The fourth-order valence-electron chi connectivity index (χ4n) is 2.52. The van der Waals surface area contributed by atoms with Gasteiger partial charge in [0, 0.05) is 22.6 Å². The molecule has 0 N–H and O–H groups in total. The number of rotatable bonds is 4. The van der Waals surface area contributed by atoms with Gasteiger partial charge >= 0.3 is 0 Å². The molecule has 2 nitrogen and oxygen atoms in total. The molecule has 108 valence electrons. The number of Topliss-reactive ketones (excluding diaryl/α,β-unsaturated/α-hetero) is 1. The standard InChI is InChI=1S/C18H18O2S/c1-12-3-8-18-15(9-12)10-16(20-18)11-21-17-6-4-14(5-7-17)13(2)19/h3-9,16H,10-11H2,1-2H3. The Kier molecular flexibility index (Phi) is 4.02. The molecule has 0 saturated heterocycles. The molecule has 1 aliphatic rings. The van der Waals surface area contributed by atoms with Crippen molar-refractivity contribution < 1.29 is 9.53 Å². The number of aryl methyl sites for hydroxylation is 1. The van der Waals surface area contributed by atoms with Crippen LogP contribution in [0.3, 0.4) is 0 Å². The van der Waals surface area contributed by atoms with Crippen LogP contribution in [0.4, 0.5) is 0 Å². The smallest absolute Gasteiger partial charge is 0.159 e. The van der Waals surface area contributed by atoms with Gasteiger partial charge in [-0.2, -0.15) is 0 Å². The lowest BCUT2D eigenvalue weighted by Crippen LogP contribution is -2.15. The third kappa shape index (κ3) is 3.30. The Labute approximate surface area is 129 Å². The van der Waals surface area contributed by atoms with Crippen LogP contribution >= 0.6 is 11.8 Å². The highest BCUT2D eigenvalue weighted by molar-refractivity contribution is 7.99. The van der Waals surface area contributed by atoms with Crippen molar-refractivity contribution in [3.63, 3.8) is 0 Å². The molecule has 0 spiro atoms. The van der Waals surface area contributed by atoms with Gasteiger partial charge in [0.1, 0.15) is 11.9 Å². The Hall–Kier alpha value is -1.74. The van der Waals surface area contributed by atoms with Gasteiger partial charge in [0.05, 0.1) is 0 Å². The van der Waals surface area contributed by atoms with E-state index in [0.29, 0.717) is 0 Å². The Bertz CT molecular complexity index is 661. The number of hydrogen-bond donors (Lipinski definition) is 0. The highest BCUT2D eigenvalue weighted by Crippen LogP contribution is 2.32. The Morgan fingerprint density at radius 3 is 2.71 bits per heavy atom. The van der Waals surface area contributed by atoms with Crippen LogP contribution in [0.2, 0.25) is 0 Å². The van der Waals surface area contributed by atoms with Crippen molar-refractivity contribution in [3.05, 3.63) is 59.2 Å². The molecule has 0 aromatic heterocycles. The summed E-state index contributed by atoms with van der Waals surface area (Å²) in [6.45, 7) is 3.70. The largest absolute Gasteiger partial charge is 0.489 e. The van der Waals surface area contributed by atoms with Crippen LogP contribution in [0, 0.1) is 6.92 Å². The maximum absolute atomic E-state index is 11.3. The molecule has 2 aromatic rings. The van der Waals surface area contributed by atoms with Crippen molar-refractivity contribution in [2.75, 3.05) is 5.75 Å². The molecule has 0 fully saturated rings. The number of ether oxygens (including phenoxy) is 1. The van der Waals surface area contributed by atoms with E-state index in [-0.39, 0.29) is 11.9 Å². The van der Waals surface area contributed by atoms with Crippen LogP contribution in [-0.2, 0) is 6.42 Å². The number of ketones is 1. The Morgan fingerprint density at radius 1 is 1.24 bits per heavy atom. The predicted octanol–water partition coefficient (Wildman–Crippen LogP) is 4.29. The normalized spacial score (nSPS) is 16.4. The van der Waals surface area contributed by atoms with Gasteiger partial charge in [-0.15, -0.1) is 11.8 Å². The van der Waals surface area contributed by atoms with Gasteiger partial charge in [0.15, 0.2) is 5.78 Å². The fraction of sp³-hybridized carbons (Fsp3) is 0.278. The van der Waals surface area contributed by atoms with E-state index in [9.17, 15) is 4.79 Å². The van der Waals surface area contributed by atoms with Crippen molar-refractivity contribution in [1.82, 2.24) is 0 Å². The third-order valence-corrected chi connectivity index (χ3v) is 4.80. The Balaban J connectivity index is 1.58. The Morgan fingerprint density at radius 2 is 2.00 bits per heavy atom. The minimum atomic E-state index is 0.108. The summed E-state index contributed by atoms with van der Waals surface area (Å²) in [6, 6.07) is 14.2. The first-order valence-electron chi connectivity index (χ1n) is 7.12. The second kappa shape index (κ2) is 5.94. The average molecular weight is 298 g/mol. The highest BCUT2D eigenvalue weighted by atomic mass is 32.2. The second-order valence-corrected chi connectivity index (χ2v) is 6.54.